The Morgan fingerprint density at radius 1 is 1.00 bits per heavy atom. The van der Waals surface area contributed by atoms with E-state index in [1.807, 2.05) is 43.5 Å². The Bertz CT molecular complexity index is 994. The van der Waals surface area contributed by atoms with Crippen molar-refractivity contribution < 1.29 is 4.79 Å². The number of thioether (sulfide) groups is 1. The molecular formula is C21H24N4OS. The van der Waals surface area contributed by atoms with Gasteiger partial charge in [-0.25, -0.2) is 0 Å². The van der Waals surface area contributed by atoms with Crippen molar-refractivity contribution in [3.8, 4) is 5.69 Å². The smallest absolute Gasteiger partial charge is 0.234 e. The molecule has 3 rings (SSSR count). The van der Waals surface area contributed by atoms with Crippen LogP contribution in [0.4, 0.5) is 5.69 Å². The molecule has 0 unspecified atom stereocenters. The molecule has 3 aromatic rings. The van der Waals surface area contributed by atoms with Crippen LogP contribution in [0.2, 0.25) is 0 Å². The van der Waals surface area contributed by atoms with Crippen molar-refractivity contribution in [1.82, 2.24) is 14.8 Å². The molecule has 0 saturated heterocycles. The third-order valence-corrected chi connectivity index (χ3v) is 5.68. The van der Waals surface area contributed by atoms with Gasteiger partial charge in [-0.2, -0.15) is 0 Å². The van der Waals surface area contributed by atoms with Crippen LogP contribution < -0.4 is 5.32 Å². The fraction of sp³-hybridized carbons (Fsp3) is 0.286. The van der Waals surface area contributed by atoms with Crippen LogP contribution in [0.5, 0.6) is 0 Å². The van der Waals surface area contributed by atoms with E-state index in [1.54, 1.807) is 0 Å². The SMILES string of the molecule is Cc1ccc(-n2c(C)nnc2SCC(=O)Nc2cccc(C)c2C)cc1C. The van der Waals surface area contributed by atoms with Crippen molar-refractivity contribution in [2.45, 2.75) is 39.8 Å². The van der Waals surface area contributed by atoms with E-state index in [0.29, 0.717) is 5.16 Å². The molecule has 0 spiro atoms. The summed E-state index contributed by atoms with van der Waals surface area (Å²) in [7, 11) is 0. The molecule has 0 bridgehead atoms. The highest BCUT2D eigenvalue weighted by Crippen LogP contribution is 2.24. The minimum Gasteiger partial charge on any atom is -0.325 e. The topological polar surface area (TPSA) is 59.8 Å². The van der Waals surface area contributed by atoms with Gasteiger partial charge in [0, 0.05) is 11.4 Å². The zero-order valence-corrected chi connectivity index (χ0v) is 17.1. The first-order valence-corrected chi connectivity index (χ1v) is 9.84. The first kappa shape index (κ1) is 19.2. The first-order chi connectivity index (χ1) is 12.9. The van der Waals surface area contributed by atoms with Crippen LogP contribution >= 0.6 is 11.8 Å². The Labute approximate surface area is 164 Å². The second-order valence-electron chi connectivity index (χ2n) is 6.72. The normalized spacial score (nSPS) is 10.9. The molecule has 0 aliphatic heterocycles. The molecule has 1 aromatic heterocycles. The molecule has 5 nitrogen and oxygen atoms in total. The predicted molar refractivity (Wildman–Crippen MR) is 111 cm³/mol. The number of amides is 1. The quantitative estimate of drug-likeness (QED) is 0.660. The molecule has 0 radical (unpaired) electrons. The zero-order chi connectivity index (χ0) is 19.6. The van der Waals surface area contributed by atoms with Gasteiger partial charge in [-0.1, -0.05) is 30.0 Å². The molecule has 140 valence electrons. The lowest BCUT2D eigenvalue weighted by molar-refractivity contribution is -0.113. The maximum atomic E-state index is 12.4. The fourth-order valence-electron chi connectivity index (χ4n) is 2.80. The summed E-state index contributed by atoms with van der Waals surface area (Å²) in [6.07, 6.45) is 0. The van der Waals surface area contributed by atoms with E-state index in [4.69, 9.17) is 0 Å². The summed E-state index contributed by atoms with van der Waals surface area (Å²) in [5, 5.41) is 12.1. The number of hydrogen-bond acceptors (Lipinski definition) is 4. The van der Waals surface area contributed by atoms with E-state index >= 15 is 0 Å². The summed E-state index contributed by atoms with van der Waals surface area (Å²) >= 11 is 1.39. The predicted octanol–water partition coefficient (Wildman–Crippen LogP) is 4.54. The highest BCUT2D eigenvalue weighted by atomic mass is 32.2. The molecule has 1 heterocycles. The molecule has 0 saturated carbocycles. The second kappa shape index (κ2) is 7.96. The third-order valence-electron chi connectivity index (χ3n) is 4.75. The van der Waals surface area contributed by atoms with Gasteiger partial charge in [-0.15, -0.1) is 10.2 Å². The Balaban J connectivity index is 1.74. The minimum atomic E-state index is -0.0546. The third kappa shape index (κ3) is 4.22. The Morgan fingerprint density at radius 2 is 1.78 bits per heavy atom. The molecule has 0 aliphatic carbocycles. The van der Waals surface area contributed by atoms with Crippen molar-refractivity contribution >= 4 is 23.4 Å². The van der Waals surface area contributed by atoms with Crippen molar-refractivity contribution in [2.75, 3.05) is 11.1 Å². The summed E-state index contributed by atoms with van der Waals surface area (Å²) in [5.74, 6) is 1.02. The number of nitrogens with zero attached hydrogens (tertiary/aromatic N) is 3. The van der Waals surface area contributed by atoms with E-state index in [0.717, 1.165) is 28.3 Å². The van der Waals surface area contributed by atoms with Gasteiger partial charge in [0.1, 0.15) is 5.82 Å². The molecule has 0 atom stereocenters. The number of anilines is 1. The molecule has 1 amide bonds. The van der Waals surface area contributed by atoms with Crippen LogP contribution in [0.1, 0.15) is 28.1 Å². The number of aryl methyl sites for hydroxylation is 4. The largest absolute Gasteiger partial charge is 0.325 e. The van der Waals surface area contributed by atoms with Crippen LogP contribution in [0.15, 0.2) is 41.6 Å². The average Bonchev–Trinajstić information content (AvgIpc) is 3.00. The van der Waals surface area contributed by atoms with Gasteiger partial charge < -0.3 is 5.32 Å². The van der Waals surface area contributed by atoms with Crippen molar-refractivity contribution in [3.63, 3.8) is 0 Å². The molecule has 0 aliphatic rings. The number of carbonyl (C=O) groups is 1. The van der Waals surface area contributed by atoms with Gasteiger partial charge in [0.25, 0.3) is 0 Å². The van der Waals surface area contributed by atoms with Gasteiger partial charge in [0.2, 0.25) is 5.91 Å². The average molecular weight is 381 g/mol. The molecule has 27 heavy (non-hydrogen) atoms. The number of aromatic nitrogens is 3. The van der Waals surface area contributed by atoms with Gasteiger partial charge in [0.15, 0.2) is 5.16 Å². The maximum Gasteiger partial charge on any atom is 0.234 e. The lowest BCUT2D eigenvalue weighted by Crippen LogP contribution is -2.15. The highest BCUT2D eigenvalue weighted by Gasteiger charge is 2.14. The van der Waals surface area contributed by atoms with E-state index in [2.05, 4.69) is 47.6 Å². The standard InChI is InChI=1S/C21H24N4OS/c1-13-9-10-18(11-15(13)3)25-17(5)23-24-21(25)27-12-20(26)22-19-8-6-7-14(2)16(19)4/h6-11H,12H2,1-5H3,(H,22,26). The van der Waals surface area contributed by atoms with E-state index in [-0.39, 0.29) is 11.7 Å². The number of hydrogen-bond donors (Lipinski definition) is 1. The Kier molecular flexibility index (Phi) is 5.65. The number of nitrogens with one attached hydrogen (secondary N) is 1. The van der Waals surface area contributed by atoms with Crippen LogP contribution in [0.3, 0.4) is 0 Å². The van der Waals surface area contributed by atoms with Gasteiger partial charge in [-0.05, 0) is 75.1 Å². The fourth-order valence-corrected chi connectivity index (χ4v) is 3.60. The summed E-state index contributed by atoms with van der Waals surface area (Å²) in [6.45, 7) is 10.1. The first-order valence-electron chi connectivity index (χ1n) is 8.85. The molecule has 1 N–H and O–H groups in total. The van der Waals surface area contributed by atoms with Crippen LogP contribution in [0, 0.1) is 34.6 Å². The Morgan fingerprint density at radius 3 is 2.52 bits per heavy atom. The van der Waals surface area contributed by atoms with Gasteiger partial charge >= 0.3 is 0 Å². The van der Waals surface area contributed by atoms with E-state index in [9.17, 15) is 4.79 Å². The molecule has 6 heteroatoms. The highest BCUT2D eigenvalue weighted by molar-refractivity contribution is 7.99. The Hall–Kier alpha value is -2.60. The van der Waals surface area contributed by atoms with Crippen molar-refractivity contribution in [3.05, 3.63) is 64.5 Å². The second-order valence-corrected chi connectivity index (χ2v) is 7.66. The van der Waals surface area contributed by atoms with Gasteiger partial charge in [0.05, 0.1) is 5.75 Å². The number of benzene rings is 2. The van der Waals surface area contributed by atoms with Crippen molar-refractivity contribution in [2.24, 2.45) is 0 Å². The minimum absolute atomic E-state index is 0.0546. The molecular weight excluding hydrogens is 356 g/mol. The summed E-state index contributed by atoms with van der Waals surface area (Å²) < 4.78 is 1.99. The number of carbonyl (C=O) groups excluding carboxylic acids is 1. The summed E-state index contributed by atoms with van der Waals surface area (Å²) in [4.78, 5) is 12.4. The van der Waals surface area contributed by atoms with Crippen LogP contribution in [-0.2, 0) is 4.79 Å². The zero-order valence-electron chi connectivity index (χ0n) is 16.3. The van der Waals surface area contributed by atoms with Crippen molar-refractivity contribution in [1.29, 1.82) is 0 Å². The van der Waals surface area contributed by atoms with E-state index < -0.39 is 0 Å². The summed E-state index contributed by atoms with van der Waals surface area (Å²) in [5.41, 5.74) is 6.57. The van der Waals surface area contributed by atoms with Crippen LogP contribution in [0.25, 0.3) is 5.69 Å². The van der Waals surface area contributed by atoms with Gasteiger partial charge in [-0.3, -0.25) is 9.36 Å². The number of rotatable bonds is 5. The lowest BCUT2D eigenvalue weighted by atomic mass is 10.1. The van der Waals surface area contributed by atoms with E-state index in [1.165, 1.54) is 22.9 Å². The monoisotopic (exact) mass is 380 g/mol. The van der Waals surface area contributed by atoms with Crippen LogP contribution in [-0.4, -0.2) is 26.4 Å². The molecule has 0 fully saturated rings. The lowest BCUT2D eigenvalue weighted by Gasteiger charge is -2.12. The molecule has 2 aromatic carbocycles. The maximum absolute atomic E-state index is 12.4. The summed E-state index contributed by atoms with van der Waals surface area (Å²) in [6, 6.07) is 12.2.